The van der Waals surface area contributed by atoms with Gasteiger partial charge in [0.2, 0.25) is 0 Å². The molecule has 2 saturated carbocycles. The highest BCUT2D eigenvalue weighted by Gasteiger charge is 2.50. The Labute approximate surface area is 103 Å². The van der Waals surface area contributed by atoms with Crippen molar-refractivity contribution in [2.24, 2.45) is 11.7 Å². The summed E-state index contributed by atoms with van der Waals surface area (Å²) in [5.41, 5.74) is 5.02. The molecule has 17 heavy (non-hydrogen) atoms. The van der Waals surface area contributed by atoms with E-state index in [1.165, 1.54) is 6.42 Å². The number of halogens is 1. The molecule has 2 aliphatic carbocycles. The van der Waals surface area contributed by atoms with Crippen LogP contribution in [0.5, 0.6) is 0 Å². The van der Waals surface area contributed by atoms with Gasteiger partial charge < -0.3 is 10.5 Å². The maximum Gasteiger partial charge on any atom is 0.115 e. The van der Waals surface area contributed by atoms with Gasteiger partial charge in [0.1, 0.15) is 5.67 Å². The van der Waals surface area contributed by atoms with Crippen LogP contribution >= 0.6 is 0 Å². The van der Waals surface area contributed by atoms with E-state index < -0.39 is 5.67 Å². The number of rotatable bonds is 1. The first-order valence-electron chi connectivity index (χ1n) is 7.20. The maximum absolute atomic E-state index is 15.1. The van der Waals surface area contributed by atoms with Gasteiger partial charge in [-0.1, -0.05) is 0 Å². The number of hydrogen-bond acceptors (Lipinski definition) is 2. The molecule has 3 rings (SSSR count). The average molecular weight is 241 g/mol. The third-order valence-corrected chi connectivity index (χ3v) is 5.26. The van der Waals surface area contributed by atoms with Gasteiger partial charge in [-0.3, -0.25) is 0 Å². The molecule has 0 radical (unpaired) electrons. The Morgan fingerprint density at radius 3 is 2.53 bits per heavy atom. The zero-order chi connectivity index (χ0) is 11.9. The molecule has 1 saturated heterocycles. The smallest absolute Gasteiger partial charge is 0.115 e. The molecule has 0 aromatic carbocycles. The summed E-state index contributed by atoms with van der Waals surface area (Å²) in [6.07, 6.45) is 8.64. The first-order chi connectivity index (χ1) is 8.12. The van der Waals surface area contributed by atoms with Crippen LogP contribution in [0.3, 0.4) is 0 Å². The SMILES string of the molecule is NC1CCCC(F)(C2CCOC3(CCC3)C2)C1. The quantitative estimate of drug-likeness (QED) is 0.766. The summed E-state index contributed by atoms with van der Waals surface area (Å²) in [6, 6.07) is 0.0777. The molecule has 2 nitrogen and oxygen atoms in total. The third kappa shape index (κ3) is 2.12. The molecule has 0 aromatic heterocycles. The number of nitrogens with two attached hydrogens (primary N) is 1. The highest BCUT2D eigenvalue weighted by atomic mass is 19.1. The number of alkyl halides is 1. The second-order valence-corrected chi connectivity index (χ2v) is 6.47. The molecule has 1 spiro atoms. The minimum atomic E-state index is -0.996. The van der Waals surface area contributed by atoms with E-state index >= 15 is 4.39 Å². The van der Waals surface area contributed by atoms with Crippen LogP contribution < -0.4 is 5.73 Å². The molecule has 0 bridgehead atoms. The second kappa shape index (κ2) is 4.20. The number of hydrogen-bond donors (Lipinski definition) is 1. The molecular formula is C14H24FNO. The van der Waals surface area contributed by atoms with Gasteiger partial charge in [0.05, 0.1) is 5.60 Å². The van der Waals surface area contributed by atoms with E-state index in [4.69, 9.17) is 10.5 Å². The van der Waals surface area contributed by atoms with E-state index in [0.29, 0.717) is 6.42 Å². The molecule has 3 aliphatic rings. The van der Waals surface area contributed by atoms with Gasteiger partial charge >= 0.3 is 0 Å². The zero-order valence-corrected chi connectivity index (χ0v) is 10.6. The maximum atomic E-state index is 15.1. The topological polar surface area (TPSA) is 35.2 Å². The van der Waals surface area contributed by atoms with Crippen LogP contribution in [0.4, 0.5) is 4.39 Å². The van der Waals surface area contributed by atoms with E-state index in [0.717, 1.165) is 51.6 Å². The minimum Gasteiger partial charge on any atom is -0.375 e. The Morgan fingerprint density at radius 2 is 1.88 bits per heavy atom. The third-order valence-electron chi connectivity index (χ3n) is 5.26. The van der Waals surface area contributed by atoms with Crippen LogP contribution in [0.25, 0.3) is 0 Å². The summed E-state index contributed by atoms with van der Waals surface area (Å²) in [5.74, 6) is 0.197. The van der Waals surface area contributed by atoms with Crippen LogP contribution in [0, 0.1) is 5.92 Å². The molecule has 3 atom stereocenters. The summed E-state index contributed by atoms with van der Waals surface area (Å²) >= 11 is 0. The number of ether oxygens (including phenoxy) is 1. The Balaban J connectivity index is 1.69. The van der Waals surface area contributed by atoms with Crippen molar-refractivity contribution in [3.05, 3.63) is 0 Å². The molecule has 0 aromatic rings. The highest BCUT2D eigenvalue weighted by Crippen LogP contribution is 2.50. The Morgan fingerprint density at radius 1 is 1.06 bits per heavy atom. The van der Waals surface area contributed by atoms with Gasteiger partial charge in [-0.2, -0.15) is 0 Å². The van der Waals surface area contributed by atoms with Crippen LogP contribution in [-0.4, -0.2) is 23.9 Å². The second-order valence-electron chi connectivity index (χ2n) is 6.47. The van der Waals surface area contributed by atoms with Crippen molar-refractivity contribution >= 4 is 0 Å². The van der Waals surface area contributed by atoms with Crippen LogP contribution in [-0.2, 0) is 4.74 Å². The predicted octanol–water partition coefficient (Wildman–Crippen LogP) is 2.95. The molecular weight excluding hydrogens is 217 g/mol. The monoisotopic (exact) mass is 241 g/mol. The lowest BCUT2D eigenvalue weighted by molar-refractivity contribution is -0.167. The van der Waals surface area contributed by atoms with Gasteiger partial charge in [-0.25, -0.2) is 4.39 Å². The largest absolute Gasteiger partial charge is 0.375 e. The molecule has 3 unspecified atom stereocenters. The van der Waals surface area contributed by atoms with Gasteiger partial charge in [0.15, 0.2) is 0 Å². The molecule has 1 aliphatic heterocycles. The summed E-state index contributed by atoms with van der Waals surface area (Å²) in [7, 11) is 0. The van der Waals surface area contributed by atoms with E-state index in [1.807, 2.05) is 0 Å². The summed E-state index contributed by atoms with van der Waals surface area (Å²) < 4.78 is 21.0. The van der Waals surface area contributed by atoms with Crippen molar-refractivity contribution in [1.82, 2.24) is 0 Å². The summed E-state index contributed by atoms with van der Waals surface area (Å²) in [4.78, 5) is 0. The van der Waals surface area contributed by atoms with Crippen molar-refractivity contribution in [3.63, 3.8) is 0 Å². The Bertz CT molecular complexity index is 292. The molecule has 3 fully saturated rings. The first-order valence-corrected chi connectivity index (χ1v) is 7.20. The lowest BCUT2D eigenvalue weighted by Crippen LogP contribution is -2.52. The standard InChI is InChI=1S/C14H24FNO/c15-14(7-1-3-12(16)10-14)11-4-8-17-13(9-11)5-2-6-13/h11-12H,1-10,16H2. The van der Waals surface area contributed by atoms with Crippen molar-refractivity contribution in [3.8, 4) is 0 Å². The van der Waals surface area contributed by atoms with Gasteiger partial charge in [-0.15, -0.1) is 0 Å². The van der Waals surface area contributed by atoms with E-state index in [9.17, 15) is 0 Å². The van der Waals surface area contributed by atoms with Crippen molar-refractivity contribution < 1.29 is 9.13 Å². The fourth-order valence-corrected chi connectivity index (χ4v) is 4.06. The fourth-order valence-electron chi connectivity index (χ4n) is 4.06. The van der Waals surface area contributed by atoms with E-state index in [-0.39, 0.29) is 17.6 Å². The normalized spacial score (nSPS) is 45.5. The molecule has 3 heteroatoms. The van der Waals surface area contributed by atoms with Crippen molar-refractivity contribution in [2.75, 3.05) is 6.61 Å². The molecule has 1 heterocycles. The van der Waals surface area contributed by atoms with Crippen LogP contribution in [0.1, 0.15) is 57.8 Å². The van der Waals surface area contributed by atoms with Crippen LogP contribution in [0.2, 0.25) is 0 Å². The average Bonchev–Trinajstić information content (AvgIpc) is 2.27. The van der Waals surface area contributed by atoms with E-state index in [2.05, 4.69) is 0 Å². The van der Waals surface area contributed by atoms with E-state index in [1.54, 1.807) is 0 Å². The molecule has 98 valence electrons. The molecule has 0 amide bonds. The summed E-state index contributed by atoms with van der Waals surface area (Å²) in [6.45, 7) is 0.756. The van der Waals surface area contributed by atoms with Crippen molar-refractivity contribution in [1.29, 1.82) is 0 Å². The lowest BCUT2D eigenvalue weighted by Gasteiger charge is -2.51. The van der Waals surface area contributed by atoms with Gasteiger partial charge in [-0.05, 0) is 63.7 Å². The summed E-state index contributed by atoms with van der Waals surface area (Å²) in [5, 5.41) is 0. The highest BCUT2D eigenvalue weighted by molar-refractivity contribution is 5.01. The minimum absolute atomic E-state index is 0.0591. The Kier molecular flexibility index (Phi) is 2.94. The molecule has 2 N–H and O–H groups in total. The zero-order valence-electron chi connectivity index (χ0n) is 10.6. The Hall–Kier alpha value is -0.150. The van der Waals surface area contributed by atoms with Crippen LogP contribution in [0.15, 0.2) is 0 Å². The fraction of sp³-hybridized carbons (Fsp3) is 1.00. The first kappa shape index (κ1) is 11.9. The van der Waals surface area contributed by atoms with Gasteiger partial charge in [0, 0.05) is 12.6 Å². The predicted molar refractivity (Wildman–Crippen MR) is 65.5 cm³/mol. The van der Waals surface area contributed by atoms with Gasteiger partial charge in [0.25, 0.3) is 0 Å². The van der Waals surface area contributed by atoms with Crippen molar-refractivity contribution in [2.45, 2.75) is 75.1 Å². The lowest BCUT2D eigenvalue weighted by atomic mass is 9.65.